The first kappa shape index (κ1) is 20.8. The molecule has 0 bridgehead atoms. The van der Waals surface area contributed by atoms with E-state index in [-0.39, 0.29) is 22.2 Å². The van der Waals surface area contributed by atoms with Gasteiger partial charge in [-0.05, 0) is 54.6 Å². The number of hydrogen-bond acceptors (Lipinski definition) is 4. The van der Waals surface area contributed by atoms with Crippen LogP contribution >= 0.6 is 11.6 Å². The van der Waals surface area contributed by atoms with Gasteiger partial charge in [-0.2, -0.15) is 10.2 Å². The summed E-state index contributed by atoms with van der Waals surface area (Å²) in [5.74, 6) is -1.49. The number of carbonyl (C=O) groups is 1. The number of carbonyl (C=O) groups excluding carboxylic acids is 1. The van der Waals surface area contributed by atoms with E-state index in [0.29, 0.717) is 17.0 Å². The van der Waals surface area contributed by atoms with E-state index < -0.39 is 11.7 Å². The van der Waals surface area contributed by atoms with Gasteiger partial charge in [-0.1, -0.05) is 11.6 Å². The SMILES string of the molecule is Cn1cc(-c2ccc3nc(NC(=O)c4cc(Cl)ccc4F)cn3n2)c(-c2ccc(F)cc2)n1. The van der Waals surface area contributed by atoms with Crippen LogP contribution in [0.2, 0.25) is 5.02 Å². The third kappa shape index (κ3) is 4.06. The van der Waals surface area contributed by atoms with Crippen molar-refractivity contribution in [3.05, 3.63) is 89.2 Å². The summed E-state index contributed by atoms with van der Waals surface area (Å²) in [7, 11) is 1.79. The van der Waals surface area contributed by atoms with Crippen LogP contribution in [0.15, 0.2) is 67.0 Å². The van der Waals surface area contributed by atoms with E-state index in [1.54, 1.807) is 36.0 Å². The zero-order chi connectivity index (χ0) is 23.1. The first-order valence-corrected chi connectivity index (χ1v) is 10.2. The molecule has 10 heteroatoms. The van der Waals surface area contributed by atoms with Crippen LogP contribution in [0.25, 0.3) is 28.2 Å². The zero-order valence-electron chi connectivity index (χ0n) is 17.1. The smallest absolute Gasteiger partial charge is 0.259 e. The Bertz CT molecular complexity index is 1510. The summed E-state index contributed by atoms with van der Waals surface area (Å²) in [6.07, 6.45) is 3.33. The van der Waals surface area contributed by atoms with Crippen molar-refractivity contribution < 1.29 is 13.6 Å². The van der Waals surface area contributed by atoms with Gasteiger partial charge in [0.15, 0.2) is 11.5 Å². The van der Waals surface area contributed by atoms with E-state index >= 15 is 0 Å². The average molecular weight is 465 g/mol. The van der Waals surface area contributed by atoms with Crippen LogP contribution in [-0.4, -0.2) is 30.3 Å². The molecular weight excluding hydrogens is 450 g/mol. The molecule has 7 nitrogen and oxygen atoms in total. The second-order valence-electron chi connectivity index (χ2n) is 7.30. The van der Waals surface area contributed by atoms with Crippen LogP contribution in [0.4, 0.5) is 14.6 Å². The van der Waals surface area contributed by atoms with Crippen molar-refractivity contribution in [3.8, 4) is 22.5 Å². The van der Waals surface area contributed by atoms with Gasteiger partial charge in [0.05, 0.1) is 17.5 Å². The highest BCUT2D eigenvalue weighted by molar-refractivity contribution is 6.31. The highest BCUT2D eigenvalue weighted by Crippen LogP contribution is 2.30. The number of fused-ring (bicyclic) bond motifs is 1. The lowest BCUT2D eigenvalue weighted by Gasteiger charge is -2.03. The van der Waals surface area contributed by atoms with E-state index in [9.17, 15) is 13.6 Å². The predicted molar refractivity (Wildman–Crippen MR) is 120 cm³/mol. The summed E-state index contributed by atoms with van der Waals surface area (Å²) in [4.78, 5) is 16.8. The van der Waals surface area contributed by atoms with Crippen LogP contribution in [-0.2, 0) is 7.05 Å². The molecule has 0 radical (unpaired) electrons. The fraction of sp³-hybridized carbons (Fsp3) is 0.0435. The predicted octanol–water partition coefficient (Wildman–Crippen LogP) is 4.98. The number of amides is 1. The Kier molecular flexibility index (Phi) is 5.10. The molecule has 0 saturated heterocycles. The summed E-state index contributed by atoms with van der Waals surface area (Å²) < 4.78 is 30.5. The van der Waals surface area contributed by atoms with Crippen molar-refractivity contribution in [3.63, 3.8) is 0 Å². The number of aryl methyl sites for hydroxylation is 1. The minimum absolute atomic E-state index is 0.187. The largest absolute Gasteiger partial charge is 0.305 e. The number of imidazole rings is 1. The molecular formula is C23H15ClF2N6O. The van der Waals surface area contributed by atoms with Crippen molar-refractivity contribution in [1.82, 2.24) is 24.4 Å². The number of aromatic nitrogens is 5. The maximum absolute atomic E-state index is 14.0. The van der Waals surface area contributed by atoms with Gasteiger partial charge >= 0.3 is 0 Å². The molecule has 5 rings (SSSR count). The second-order valence-corrected chi connectivity index (χ2v) is 7.73. The van der Waals surface area contributed by atoms with Crippen molar-refractivity contribution in [1.29, 1.82) is 0 Å². The number of nitrogens with one attached hydrogen (secondary N) is 1. The lowest BCUT2D eigenvalue weighted by Crippen LogP contribution is -2.14. The molecule has 164 valence electrons. The molecule has 0 saturated carbocycles. The van der Waals surface area contributed by atoms with E-state index in [0.717, 1.165) is 17.2 Å². The van der Waals surface area contributed by atoms with Gasteiger partial charge in [-0.3, -0.25) is 9.48 Å². The number of anilines is 1. The van der Waals surface area contributed by atoms with Crippen LogP contribution in [0.1, 0.15) is 10.4 Å². The Morgan fingerprint density at radius 1 is 1.00 bits per heavy atom. The molecule has 2 aromatic carbocycles. The molecule has 0 atom stereocenters. The fourth-order valence-corrected chi connectivity index (χ4v) is 3.61. The average Bonchev–Trinajstić information content (AvgIpc) is 3.38. The van der Waals surface area contributed by atoms with E-state index in [2.05, 4.69) is 20.5 Å². The first-order chi connectivity index (χ1) is 15.9. The number of nitrogens with zero attached hydrogens (tertiary/aromatic N) is 5. The third-order valence-electron chi connectivity index (χ3n) is 4.96. The molecule has 1 N–H and O–H groups in total. The molecule has 5 aromatic rings. The van der Waals surface area contributed by atoms with Crippen LogP contribution in [0.3, 0.4) is 0 Å². The van der Waals surface area contributed by atoms with E-state index in [4.69, 9.17) is 11.6 Å². The van der Waals surface area contributed by atoms with Crippen LogP contribution in [0, 0.1) is 11.6 Å². The number of halogens is 3. The molecule has 3 heterocycles. The number of rotatable bonds is 4. The van der Waals surface area contributed by atoms with Gasteiger partial charge in [0.25, 0.3) is 5.91 Å². The second kappa shape index (κ2) is 8.10. The zero-order valence-corrected chi connectivity index (χ0v) is 17.9. The van der Waals surface area contributed by atoms with Gasteiger partial charge in [0.2, 0.25) is 0 Å². The van der Waals surface area contributed by atoms with Gasteiger partial charge in [-0.25, -0.2) is 18.3 Å². The number of hydrogen-bond donors (Lipinski definition) is 1. The quantitative estimate of drug-likeness (QED) is 0.407. The van der Waals surface area contributed by atoms with Crippen molar-refractivity contribution in [2.75, 3.05) is 5.32 Å². The molecule has 0 aliphatic rings. The molecule has 0 aliphatic carbocycles. The highest BCUT2D eigenvalue weighted by Gasteiger charge is 2.17. The number of benzene rings is 2. The highest BCUT2D eigenvalue weighted by atomic mass is 35.5. The van der Waals surface area contributed by atoms with Gasteiger partial charge in [-0.15, -0.1) is 0 Å². The Labute approximate surface area is 191 Å². The third-order valence-corrected chi connectivity index (χ3v) is 5.19. The minimum Gasteiger partial charge on any atom is -0.305 e. The van der Waals surface area contributed by atoms with E-state index in [1.165, 1.54) is 35.0 Å². The molecule has 0 fully saturated rings. The van der Waals surface area contributed by atoms with Gasteiger partial charge < -0.3 is 5.32 Å². The Hall–Kier alpha value is -4.11. The maximum Gasteiger partial charge on any atom is 0.259 e. The maximum atomic E-state index is 14.0. The summed E-state index contributed by atoms with van der Waals surface area (Å²) in [6, 6.07) is 13.3. The molecule has 3 aromatic heterocycles. The molecule has 0 unspecified atom stereocenters. The van der Waals surface area contributed by atoms with Crippen LogP contribution in [0.5, 0.6) is 0 Å². The summed E-state index contributed by atoms with van der Waals surface area (Å²) >= 11 is 5.87. The molecule has 1 amide bonds. The van der Waals surface area contributed by atoms with Crippen molar-refractivity contribution in [2.24, 2.45) is 7.05 Å². The Morgan fingerprint density at radius 3 is 2.58 bits per heavy atom. The minimum atomic E-state index is -0.689. The molecule has 33 heavy (non-hydrogen) atoms. The van der Waals surface area contributed by atoms with Gasteiger partial charge in [0, 0.05) is 29.4 Å². The monoisotopic (exact) mass is 464 g/mol. The summed E-state index contributed by atoms with van der Waals surface area (Å²) in [5.41, 5.74) is 3.03. The molecule has 0 spiro atoms. The first-order valence-electron chi connectivity index (χ1n) is 9.80. The Balaban J connectivity index is 1.48. The lowest BCUT2D eigenvalue weighted by molar-refractivity contribution is 0.102. The molecule has 0 aliphatic heterocycles. The summed E-state index contributed by atoms with van der Waals surface area (Å²) in [5, 5.41) is 11.9. The normalized spacial score (nSPS) is 11.2. The topological polar surface area (TPSA) is 77.1 Å². The van der Waals surface area contributed by atoms with Crippen molar-refractivity contribution >= 4 is 29.0 Å². The lowest BCUT2D eigenvalue weighted by atomic mass is 10.1. The van der Waals surface area contributed by atoms with E-state index in [1.807, 2.05) is 6.20 Å². The fourth-order valence-electron chi connectivity index (χ4n) is 3.44. The van der Waals surface area contributed by atoms with Gasteiger partial charge in [0.1, 0.15) is 17.3 Å². The standard InChI is InChI=1S/C23H15ClF2N6O/c1-31-11-17(22(30-31)13-2-5-15(25)6-3-13)19-8-9-21-27-20(12-32(21)29-19)28-23(33)16-10-14(24)4-7-18(16)26/h2-12H,1H3,(H,28,33). The summed E-state index contributed by atoms with van der Waals surface area (Å²) in [6.45, 7) is 0. The van der Waals surface area contributed by atoms with Crippen LogP contribution < -0.4 is 5.32 Å². The Morgan fingerprint density at radius 2 is 1.79 bits per heavy atom. The van der Waals surface area contributed by atoms with Crippen molar-refractivity contribution in [2.45, 2.75) is 0 Å².